The molecule has 1 aliphatic heterocycles. The van der Waals surface area contributed by atoms with Crippen molar-refractivity contribution in [3.05, 3.63) is 6.33 Å². The predicted molar refractivity (Wildman–Crippen MR) is 64.5 cm³/mol. The second kappa shape index (κ2) is 4.05. The van der Waals surface area contributed by atoms with Gasteiger partial charge in [0.05, 0.1) is 0 Å². The van der Waals surface area contributed by atoms with Crippen LogP contribution in [0.1, 0.15) is 20.8 Å². The Labute approximate surface area is 97.1 Å². The topological polar surface area (TPSA) is 37.2 Å². The van der Waals surface area contributed by atoms with Gasteiger partial charge in [-0.3, -0.25) is 9.58 Å². The lowest BCUT2D eigenvalue weighted by Crippen LogP contribution is -2.53. The molecule has 0 aliphatic carbocycles. The summed E-state index contributed by atoms with van der Waals surface area (Å²) in [7, 11) is 1.90. The maximum Gasteiger partial charge on any atom is 0.244 e. The highest BCUT2D eigenvalue weighted by Crippen LogP contribution is 2.17. The van der Waals surface area contributed by atoms with Crippen LogP contribution in [-0.4, -0.2) is 51.4 Å². The third-order valence-corrected chi connectivity index (χ3v) is 3.10. The van der Waals surface area contributed by atoms with Gasteiger partial charge in [0.15, 0.2) is 0 Å². The van der Waals surface area contributed by atoms with E-state index >= 15 is 0 Å². The molecule has 0 bridgehead atoms. The minimum Gasteiger partial charge on any atom is -0.337 e. The summed E-state index contributed by atoms with van der Waals surface area (Å²) >= 11 is 0. The quantitative estimate of drug-likeness (QED) is 0.703. The van der Waals surface area contributed by atoms with Gasteiger partial charge in [-0.1, -0.05) is 0 Å². The Morgan fingerprint density at radius 1 is 1.12 bits per heavy atom. The SMILES string of the molecule is Cn1cnc(N2CCN(C(C)(C)C)CC2)n1. The molecule has 0 amide bonds. The summed E-state index contributed by atoms with van der Waals surface area (Å²) in [5.74, 6) is 0.857. The Balaban J connectivity index is 1.95. The Morgan fingerprint density at radius 2 is 1.75 bits per heavy atom. The van der Waals surface area contributed by atoms with Crippen molar-refractivity contribution in [2.45, 2.75) is 26.3 Å². The molecule has 1 saturated heterocycles. The third-order valence-electron chi connectivity index (χ3n) is 3.10. The first-order valence-electron chi connectivity index (χ1n) is 5.82. The number of aromatic nitrogens is 3. The molecule has 5 heteroatoms. The van der Waals surface area contributed by atoms with Crippen molar-refractivity contribution in [3.8, 4) is 0 Å². The van der Waals surface area contributed by atoms with Crippen LogP contribution in [0.4, 0.5) is 5.95 Å². The molecule has 0 spiro atoms. The summed E-state index contributed by atoms with van der Waals surface area (Å²) in [5.41, 5.74) is 0.267. The van der Waals surface area contributed by atoms with Crippen LogP contribution in [0.25, 0.3) is 0 Å². The van der Waals surface area contributed by atoms with Crippen LogP contribution in [0, 0.1) is 0 Å². The molecule has 0 atom stereocenters. The Kier molecular flexibility index (Phi) is 2.88. The minimum atomic E-state index is 0.267. The summed E-state index contributed by atoms with van der Waals surface area (Å²) in [6, 6.07) is 0. The molecule has 0 radical (unpaired) electrons. The number of nitrogens with zero attached hydrogens (tertiary/aromatic N) is 5. The highest BCUT2D eigenvalue weighted by molar-refractivity contribution is 5.28. The predicted octanol–water partition coefficient (Wildman–Crippen LogP) is 0.736. The second-order valence-corrected chi connectivity index (χ2v) is 5.36. The number of rotatable bonds is 1. The van der Waals surface area contributed by atoms with Gasteiger partial charge < -0.3 is 4.90 Å². The van der Waals surface area contributed by atoms with Crippen LogP contribution >= 0.6 is 0 Å². The largest absolute Gasteiger partial charge is 0.337 e. The maximum atomic E-state index is 4.33. The second-order valence-electron chi connectivity index (χ2n) is 5.36. The van der Waals surface area contributed by atoms with Gasteiger partial charge in [0.25, 0.3) is 0 Å². The van der Waals surface area contributed by atoms with Crippen molar-refractivity contribution in [1.29, 1.82) is 0 Å². The van der Waals surface area contributed by atoms with Crippen molar-refractivity contribution >= 4 is 5.95 Å². The van der Waals surface area contributed by atoms with Crippen LogP contribution < -0.4 is 4.90 Å². The molecule has 5 nitrogen and oxygen atoms in total. The van der Waals surface area contributed by atoms with Gasteiger partial charge in [-0.25, -0.2) is 4.98 Å². The van der Waals surface area contributed by atoms with Crippen LogP contribution in [-0.2, 0) is 7.05 Å². The molecule has 1 aliphatic rings. The standard InChI is InChI=1S/C11H21N5/c1-11(2,3)16-7-5-15(6-8-16)10-12-9-14(4)13-10/h9H,5-8H2,1-4H3. The Bertz CT molecular complexity index is 344. The van der Waals surface area contributed by atoms with E-state index in [0.717, 1.165) is 32.1 Å². The van der Waals surface area contributed by atoms with Crippen molar-refractivity contribution < 1.29 is 0 Å². The van der Waals surface area contributed by atoms with E-state index in [1.54, 1.807) is 11.0 Å². The van der Waals surface area contributed by atoms with E-state index in [2.05, 4.69) is 40.7 Å². The number of hydrogen-bond donors (Lipinski definition) is 0. The highest BCUT2D eigenvalue weighted by atomic mass is 15.4. The Hall–Kier alpha value is -1.10. The maximum absolute atomic E-state index is 4.33. The average molecular weight is 223 g/mol. The van der Waals surface area contributed by atoms with Crippen molar-refractivity contribution in [3.63, 3.8) is 0 Å². The number of hydrogen-bond acceptors (Lipinski definition) is 4. The number of anilines is 1. The lowest BCUT2D eigenvalue weighted by atomic mass is 10.1. The van der Waals surface area contributed by atoms with E-state index in [0.29, 0.717) is 0 Å². The number of piperazine rings is 1. The Morgan fingerprint density at radius 3 is 2.19 bits per heavy atom. The lowest BCUT2D eigenvalue weighted by Gasteiger charge is -2.41. The molecule has 0 saturated carbocycles. The molecule has 2 rings (SSSR count). The van der Waals surface area contributed by atoms with Gasteiger partial charge in [0.1, 0.15) is 6.33 Å². The van der Waals surface area contributed by atoms with Gasteiger partial charge in [0.2, 0.25) is 5.95 Å². The molecule has 0 unspecified atom stereocenters. The summed E-state index contributed by atoms with van der Waals surface area (Å²) in [6.45, 7) is 11.0. The van der Waals surface area contributed by atoms with Gasteiger partial charge in [0, 0.05) is 38.8 Å². The molecule has 1 fully saturated rings. The summed E-state index contributed by atoms with van der Waals surface area (Å²) in [6.07, 6.45) is 1.76. The molecule has 2 heterocycles. The molecular weight excluding hydrogens is 202 g/mol. The fourth-order valence-corrected chi connectivity index (χ4v) is 2.05. The normalized spacial score (nSPS) is 19.1. The van der Waals surface area contributed by atoms with E-state index in [4.69, 9.17) is 0 Å². The van der Waals surface area contributed by atoms with Gasteiger partial charge >= 0.3 is 0 Å². The third kappa shape index (κ3) is 2.35. The molecule has 16 heavy (non-hydrogen) atoms. The zero-order valence-corrected chi connectivity index (χ0v) is 10.6. The van der Waals surface area contributed by atoms with E-state index in [-0.39, 0.29) is 5.54 Å². The molecule has 90 valence electrons. The number of aryl methyl sites for hydroxylation is 1. The molecule has 1 aromatic heterocycles. The van der Waals surface area contributed by atoms with E-state index < -0.39 is 0 Å². The van der Waals surface area contributed by atoms with Gasteiger partial charge in [-0.05, 0) is 20.8 Å². The first kappa shape index (κ1) is 11.4. The van der Waals surface area contributed by atoms with Crippen LogP contribution in [0.5, 0.6) is 0 Å². The zero-order chi connectivity index (χ0) is 11.8. The molecular formula is C11H21N5. The van der Waals surface area contributed by atoms with Crippen molar-refractivity contribution in [1.82, 2.24) is 19.7 Å². The van der Waals surface area contributed by atoms with Gasteiger partial charge in [-0.15, -0.1) is 5.10 Å². The first-order valence-corrected chi connectivity index (χ1v) is 5.82. The van der Waals surface area contributed by atoms with Gasteiger partial charge in [-0.2, -0.15) is 0 Å². The van der Waals surface area contributed by atoms with Crippen molar-refractivity contribution in [2.75, 3.05) is 31.1 Å². The fraction of sp³-hybridized carbons (Fsp3) is 0.818. The molecule has 0 N–H and O–H groups in total. The van der Waals surface area contributed by atoms with Crippen LogP contribution in [0.15, 0.2) is 6.33 Å². The van der Waals surface area contributed by atoms with Crippen LogP contribution in [0.2, 0.25) is 0 Å². The molecule has 0 aromatic carbocycles. The lowest BCUT2D eigenvalue weighted by molar-refractivity contribution is 0.128. The zero-order valence-electron chi connectivity index (χ0n) is 10.6. The summed E-state index contributed by atoms with van der Waals surface area (Å²) in [4.78, 5) is 9.04. The van der Waals surface area contributed by atoms with Crippen LogP contribution in [0.3, 0.4) is 0 Å². The van der Waals surface area contributed by atoms with E-state index in [9.17, 15) is 0 Å². The summed E-state index contributed by atoms with van der Waals surface area (Å²) < 4.78 is 1.76. The highest BCUT2D eigenvalue weighted by Gasteiger charge is 2.26. The summed E-state index contributed by atoms with van der Waals surface area (Å²) in [5, 5.41) is 4.33. The monoisotopic (exact) mass is 223 g/mol. The fourth-order valence-electron chi connectivity index (χ4n) is 2.05. The van der Waals surface area contributed by atoms with E-state index in [1.165, 1.54) is 0 Å². The minimum absolute atomic E-state index is 0.267. The molecule has 1 aromatic rings. The smallest absolute Gasteiger partial charge is 0.244 e. The first-order chi connectivity index (χ1) is 7.47. The average Bonchev–Trinajstić information content (AvgIpc) is 2.64. The van der Waals surface area contributed by atoms with E-state index in [1.807, 2.05) is 7.05 Å². The van der Waals surface area contributed by atoms with Crippen molar-refractivity contribution in [2.24, 2.45) is 7.05 Å².